The van der Waals surface area contributed by atoms with Crippen molar-refractivity contribution in [2.24, 2.45) is 5.41 Å². The van der Waals surface area contributed by atoms with E-state index in [0.29, 0.717) is 12.1 Å². The largest absolute Gasteiger partial charge is 0.481 e. The highest BCUT2D eigenvalue weighted by Crippen LogP contribution is 2.41. The average molecular weight is 259 g/mol. The van der Waals surface area contributed by atoms with Crippen LogP contribution in [0.5, 0.6) is 0 Å². The Labute approximate surface area is 111 Å². The summed E-state index contributed by atoms with van der Waals surface area (Å²) in [4.78, 5) is 23.4. The van der Waals surface area contributed by atoms with Gasteiger partial charge in [-0.1, -0.05) is 12.8 Å². The highest BCUT2D eigenvalue weighted by atomic mass is 16.4. The predicted molar refractivity (Wildman–Crippen MR) is 70.9 cm³/mol. The maximum Gasteiger partial charge on any atom is 0.310 e. The van der Waals surface area contributed by atoms with Crippen molar-refractivity contribution in [3.63, 3.8) is 0 Å². The molecule has 0 aromatic carbocycles. The van der Waals surface area contributed by atoms with Crippen LogP contribution in [-0.4, -0.2) is 26.0 Å². The van der Waals surface area contributed by atoms with Gasteiger partial charge in [-0.15, -0.1) is 0 Å². The Morgan fingerprint density at radius 1 is 1.47 bits per heavy atom. The number of nitrogens with one attached hydrogen (secondary N) is 1. The first-order valence-corrected chi connectivity index (χ1v) is 6.64. The molecule has 1 fully saturated rings. The van der Waals surface area contributed by atoms with Crippen LogP contribution >= 0.6 is 0 Å². The molecule has 1 aliphatic carbocycles. The number of pyridine rings is 1. The Kier molecular flexibility index (Phi) is 2.77. The Hall–Kier alpha value is -1.91. The second-order valence-corrected chi connectivity index (χ2v) is 5.48. The van der Waals surface area contributed by atoms with Gasteiger partial charge in [-0.3, -0.25) is 4.79 Å². The van der Waals surface area contributed by atoms with Gasteiger partial charge in [-0.2, -0.15) is 0 Å². The fourth-order valence-corrected chi connectivity index (χ4v) is 3.01. The van der Waals surface area contributed by atoms with Crippen molar-refractivity contribution < 1.29 is 9.90 Å². The van der Waals surface area contributed by atoms with Crippen molar-refractivity contribution >= 4 is 17.1 Å². The highest BCUT2D eigenvalue weighted by molar-refractivity contribution is 5.77. The van der Waals surface area contributed by atoms with Crippen molar-refractivity contribution in [1.82, 2.24) is 15.0 Å². The summed E-state index contributed by atoms with van der Waals surface area (Å²) in [6, 6.07) is 1.92. The summed E-state index contributed by atoms with van der Waals surface area (Å²) in [5.74, 6) is 0.0382. The molecule has 0 bridgehead atoms. The third kappa shape index (κ3) is 1.99. The quantitative estimate of drug-likeness (QED) is 0.887. The number of fused-ring (bicyclic) bond motifs is 1. The van der Waals surface area contributed by atoms with Crippen LogP contribution in [0.2, 0.25) is 0 Å². The summed E-state index contributed by atoms with van der Waals surface area (Å²) in [5, 5.41) is 9.50. The summed E-state index contributed by atoms with van der Waals surface area (Å²) < 4.78 is 0. The van der Waals surface area contributed by atoms with E-state index in [1.54, 1.807) is 6.20 Å². The van der Waals surface area contributed by atoms with E-state index in [2.05, 4.69) is 15.0 Å². The van der Waals surface area contributed by atoms with Crippen molar-refractivity contribution in [1.29, 1.82) is 0 Å². The van der Waals surface area contributed by atoms with Crippen LogP contribution in [0.25, 0.3) is 11.2 Å². The molecule has 5 heteroatoms. The van der Waals surface area contributed by atoms with E-state index in [0.717, 1.165) is 42.6 Å². The number of nitrogens with zero attached hydrogens (tertiary/aromatic N) is 2. The highest BCUT2D eigenvalue weighted by Gasteiger charge is 2.42. The maximum absolute atomic E-state index is 11.6. The molecule has 3 rings (SSSR count). The van der Waals surface area contributed by atoms with E-state index in [1.807, 2.05) is 13.0 Å². The fraction of sp³-hybridized carbons (Fsp3) is 0.500. The Morgan fingerprint density at radius 2 is 2.21 bits per heavy atom. The molecule has 0 amide bonds. The summed E-state index contributed by atoms with van der Waals surface area (Å²) in [5.41, 5.74) is 2.03. The number of carboxylic acids is 1. The van der Waals surface area contributed by atoms with Gasteiger partial charge in [-0.25, -0.2) is 9.97 Å². The van der Waals surface area contributed by atoms with Gasteiger partial charge in [0.05, 0.1) is 10.9 Å². The minimum Gasteiger partial charge on any atom is -0.481 e. The molecule has 5 nitrogen and oxygen atoms in total. The summed E-state index contributed by atoms with van der Waals surface area (Å²) in [7, 11) is 0. The van der Waals surface area contributed by atoms with Gasteiger partial charge >= 0.3 is 5.97 Å². The molecule has 2 aromatic heterocycles. The molecule has 0 spiro atoms. The van der Waals surface area contributed by atoms with E-state index < -0.39 is 11.4 Å². The Bertz CT molecular complexity index is 627. The number of aromatic amines is 1. The number of hydrogen-bond donors (Lipinski definition) is 2. The monoisotopic (exact) mass is 259 g/mol. The van der Waals surface area contributed by atoms with Gasteiger partial charge in [0.2, 0.25) is 0 Å². The lowest BCUT2D eigenvalue weighted by atomic mass is 9.82. The molecule has 2 heterocycles. The number of carbonyl (C=O) groups is 1. The smallest absolute Gasteiger partial charge is 0.310 e. The van der Waals surface area contributed by atoms with E-state index in [-0.39, 0.29) is 0 Å². The minimum atomic E-state index is -0.699. The molecule has 1 aliphatic rings. The molecule has 2 aromatic rings. The normalized spacial score (nSPS) is 17.9. The first-order valence-electron chi connectivity index (χ1n) is 6.64. The molecular weight excluding hydrogens is 242 g/mol. The number of H-pyrrole nitrogens is 1. The first-order chi connectivity index (χ1) is 9.11. The van der Waals surface area contributed by atoms with Gasteiger partial charge in [0, 0.05) is 12.6 Å². The molecular formula is C14H17N3O2. The second kappa shape index (κ2) is 4.33. The van der Waals surface area contributed by atoms with Crippen LogP contribution in [0.3, 0.4) is 0 Å². The second-order valence-electron chi connectivity index (χ2n) is 5.48. The van der Waals surface area contributed by atoms with Gasteiger partial charge in [0.1, 0.15) is 5.82 Å². The van der Waals surface area contributed by atoms with Crippen molar-refractivity contribution in [2.75, 3.05) is 0 Å². The summed E-state index contributed by atoms with van der Waals surface area (Å²) >= 11 is 0. The van der Waals surface area contributed by atoms with E-state index >= 15 is 0 Å². The number of aliphatic carboxylic acids is 1. The SMILES string of the molecule is Cc1ccnc2nc(CC3(C(=O)O)CCCC3)[nH]c12. The standard InChI is InChI=1S/C14H17N3O2/c1-9-4-7-15-12-11(9)16-10(17-12)8-14(13(18)19)5-2-3-6-14/h4,7H,2-3,5-6,8H2,1H3,(H,18,19)(H,15,16,17). The van der Waals surface area contributed by atoms with Crippen LogP contribution in [0.15, 0.2) is 12.3 Å². The number of aromatic nitrogens is 3. The van der Waals surface area contributed by atoms with Gasteiger partial charge in [-0.05, 0) is 31.4 Å². The molecule has 100 valence electrons. The fourth-order valence-electron chi connectivity index (χ4n) is 3.01. The number of carboxylic acid groups (broad SMARTS) is 1. The zero-order valence-corrected chi connectivity index (χ0v) is 10.9. The van der Waals surface area contributed by atoms with Crippen molar-refractivity contribution in [3.8, 4) is 0 Å². The Morgan fingerprint density at radius 3 is 2.84 bits per heavy atom. The zero-order valence-electron chi connectivity index (χ0n) is 10.9. The average Bonchev–Trinajstić information content (AvgIpc) is 2.97. The van der Waals surface area contributed by atoms with Crippen LogP contribution in [-0.2, 0) is 11.2 Å². The van der Waals surface area contributed by atoms with Gasteiger partial charge in [0.15, 0.2) is 5.65 Å². The lowest BCUT2D eigenvalue weighted by molar-refractivity contribution is -0.148. The molecule has 0 aliphatic heterocycles. The molecule has 19 heavy (non-hydrogen) atoms. The third-order valence-electron chi connectivity index (χ3n) is 4.17. The van der Waals surface area contributed by atoms with Crippen LogP contribution < -0.4 is 0 Å². The first kappa shape index (κ1) is 12.1. The molecule has 0 unspecified atom stereocenters. The molecule has 0 atom stereocenters. The lowest BCUT2D eigenvalue weighted by Crippen LogP contribution is -2.30. The number of hydrogen-bond acceptors (Lipinski definition) is 3. The van der Waals surface area contributed by atoms with Crippen LogP contribution in [0, 0.1) is 12.3 Å². The van der Waals surface area contributed by atoms with Crippen LogP contribution in [0.4, 0.5) is 0 Å². The summed E-state index contributed by atoms with van der Waals surface area (Å²) in [6.07, 6.45) is 5.66. The topological polar surface area (TPSA) is 78.9 Å². The number of rotatable bonds is 3. The zero-order chi connectivity index (χ0) is 13.5. The van der Waals surface area contributed by atoms with Gasteiger partial charge < -0.3 is 10.1 Å². The molecule has 2 N–H and O–H groups in total. The summed E-state index contributed by atoms with van der Waals surface area (Å²) in [6.45, 7) is 1.99. The van der Waals surface area contributed by atoms with E-state index in [1.165, 1.54) is 0 Å². The van der Waals surface area contributed by atoms with Crippen LogP contribution in [0.1, 0.15) is 37.1 Å². The number of aryl methyl sites for hydroxylation is 1. The third-order valence-corrected chi connectivity index (χ3v) is 4.17. The maximum atomic E-state index is 11.6. The van der Waals surface area contributed by atoms with E-state index in [9.17, 15) is 9.90 Å². The predicted octanol–water partition coefficient (Wildman–Crippen LogP) is 2.45. The van der Waals surface area contributed by atoms with E-state index in [4.69, 9.17) is 0 Å². The minimum absolute atomic E-state index is 0.470. The lowest BCUT2D eigenvalue weighted by Gasteiger charge is -2.22. The molecule has 0 radical (unpaired) electrons. The van der Waals surface area contributed by atoms with Crippen molar-refractivity contribution in [3.05, 3.63) is 23.7 Å². The number of imidazole rings is 1. The van der Waals surface area contributed by atoms with Gasteiger partial charge in [0.25, 0.3) is 0 Å². The molecule has 0 saturated heterocycles. The molecule has 1 saturated carbocycles. The Balaban J connectivity index is 1.96. The van der Waals surface area contributed by atoms with Crippen molar-refractivity contribution in [2.45, 2.75) is 39.0 Å².